The molecule has 0 spiro atoms. The number of nitrogens with one attached hydrogen (secondary N) is 1. The lowest BCUT2D eigenvalue weighted by atomic mass is 10.2. The molecule has 0 unspecified atom stereocenters. The zero-order chi connectivity index (χ0) is 15.0. The maximum Gasteiger partial charge on any atom is 0.574 e. The van der Waals surface area contributed by atoms with E-state index in [-0.39, 0.29) is 6.07 Å². The van der Waals surface area contributed by atoms with Gasteiger partial charge >= 0.3 is 18.2 Å². The van der Waals surface area contributed by atoms with Crippen LogP contribution in [0.4, 0.5) is 32.0 Å². The Morgan fingerprint density at radius 3 is 2.11 bits per heavy atom. The standard InChI is InChI=1S/C7H2F6N2O4/c8-6(9,10)2-1-3(16)14-5(4(2)15(17)18)19-7(11,12)13/h1H,(H,14,16). The first-order valence-corrected chi connectivity index (χ1v) is 4.16. The SMILES string of the molecule is O=c1cc(C(F)(F)F)c([N+](=O)[O-])c(OC(F)(F)F)[nH]1. The summed E-state index contributed by atoms with van der Waals surface area (Å²) in [5, 5.41) is 10.4. The molecule has 1 aromatic heterocycles. The molecule has 0 fully saturated rings. The van der Waals surface area contributed by atoms with Crippen molar-refractivity contribution < 1.29 is 36.0 Å². The number of ether oxygens (including phenoxy) is 1. The molecule has 0 radical (unpaired) electrons. The molecule has 0 amide bonds. The van der Waals surface area contributed by atoms with Crippen molar-refractivity contribution in [2.75, 3.05) is 0 Å². The van der Waals surface area contributed by atoms with Crippen LogP contribution in [0, 0.1) is 10.1 Å². The van der Waals surface area contributed by atoms with Gasteiger partial charge in [0.15, 0.2) is 0 Å². The fraction of sp³-hybridized carbons (Fsp3) is 0.286. The first-order valence-electron chi connectivity index (χ1n) is 4.16. The summed E-state index contributed by atoms with van der Waals surface area (Å²) in [6.45, 7) is 0. The molecule has 0 aliphatic heterocycles. The van der Waals surface area contributed by atoms with E-state index in [0.717, 1.165) is 0 Å². The molecule has 12 heteroatoms. The zero-order valence-electron chi connectivity index (χ0n) is 8.43. The molecule has 6 nitrogen and oxygen atoms in total. The molecule has 106 valence electrons. The lowest BCUT2D eigenvalue weighted by Crippen LogP contribution is -2.23. The van der Waals surface area contributed by atoms with Gasteiger partial charge in [0.1, 0.15) is 5.56 Å². The van der Waals surface area contributed by atoms with Gasteiger partial charge in [0.25, 0.3) is 11.4 Å². The van der Waals surface area contributed by atoms with E-state index in [1.54, 1.807) is 0 Å². The van der Waals surface area contributed by atoms with Gasteiger partial charge in [-0.2, -0.15) is 13.2 Å². The third-order valence-corrected chi connectivity index (χ3v) is 1.69. The van der Waals surface area contributed by atoms with Gasteiger partial charge in [-0.25, -0.2) is 0 Å². The van der Waals surface area contributed by atoms with Crippen LogP contribution in [0.3, 0.4) is 0 Å². The minimum absolute atomic E-state index is 0.235. The third-order valence-electron chi connectivity index (χ3n) is 1.69. The third kappa shape index (κ3) is 3.59. The monoisotopic (exact) mass is 292 g/mol. The number of hydrogen-bond donors (Lipinski definition) is 1. The Labute approximate surface area is 98.3 Å². The van der Waals surface area contributed by atoms with Crippen LogP contribution in [0.1, 0.15) is 5.56 Å². The highest BCUT2D eigenvalue weighted by Gasteiger charge is 2.44. The van der Waals surface area contributed by atoms with Crippen LogP contribution >= 0.6 is 0 Å². The van der Waals surface area contributed by atoms with Crippen molar-refractivity contribution in [1.82, 2.24) is 4.98 Å². The topological polar surface area (TPSA) is 85.2 Å². The van der Waals surface area contributed by atoms with E-state index < -0.39 is 40.2 Å². The molecule has 0 saturated heterocycles. The van der Waals surface area contributed by atoms with Crippen molar-refractivity contribution >= 4 is 5.69 Å². The summed E-state index contributed by atoms with van der Waals surface area (Å²) in [6.07, 6.45) is -10.9. The van der Waals surface area contributed by atoms with Gasteiger partial charge in [0, 0.05) is 6.07 Å². The first kappa shape index (κ1) is 14.8. The van der Waals surface area contributed by atoms with Gasteiger partial charge in [-0.05, 0) is 0 Å². The Kier molecular flexibility index (Phi) is 3.45. The van der Waals surface area contributed by atoms with Crippen LogP contribution in [-0.4, -0.2) is 16.3 Å². The molecular formula is C7H2F6N2O4. The smallest absolute Gasteiger partial charge is 0.382 e. The molecule has 1 N–H and O–H groups in total. The Hall–Kier alpha value is -2.27. The molecule has 0 aromatic carbocycles. The van der Waals surface area contributed by atoms with Gasteiger partial charge in [-0.3, -0.25) is 19.9 Å². The second-order valence-electron chi connectivity index (χ2n) is 3.03. The van der Waals surface area contributed by atoms with Gasteiger partial charge in [-0.15, -0.1) is 13.2 Å². The Morgan fingerprint density at radius 1 is 1.21 bits per heavy atom. The number of alkyl halides is 6. The minimum Gasteiger partial charge on any atom is -0.382 e. The molecule has 19 heavy (non-hydrogen) atoms. The number of pyridine rings is 1. The number of nitro groups is 1. The van der Waals surface area contributed by atoms with E-state index in [1.807, 2.05) is 0 Å². The van der Waals surface area contributed by atoms with E-state index >= 15 is 0 Å². The molecule has 0 bridgehead atoms. The molecular weight excluding hydrogens is 290 g/mol. The van der Waals surface area contributed by atoms with E-state index in [4.69, 9.17) is 0 Å². The van der Waals surface area contributed by atoms with E-state index in [9.17, 15) is 41.3 Å². The Bertz CT molecular complexity index is 560. The van der Waals surface area contributed by atoms with Crippen molar-refractivity contribution in [1.29, 1.82) is 0 Å². The normalized spacial score (nSPS) is 12.3. The van der Waals surface area contributed by atoms with Crippen molar-refractivity contribution in [2.24, 2.45) is 0 Å². The van der Waals surface area contributed by atoms with Gasteiger partial charge < -0.3 is 4.74 Å². The highest BCUT2D eigenvalue weighted by Crippen LogP contribution is 2.40. The summed E-state index contributed by atoms with van der Waals surface area (Å²) in [4.78, 5) is 20.7. The van der Waals surface area contributed by atoms with Crippen molar-refractivity contribution in [2.45, 2.75) is 12.5 Å². The van der Waals surface area contributed by atoms with Gasteiger partial charge in [0.2, 0.25) is 0 Å². The Balaban J connectivity index is 3.59. The first-order chi connectivity index (χ1) is 8.42. The summed E-state index contributed by atoms with van der Waals surface area (Å²) in [7, 11) is 0. The quantitative estimate of drug-likeness (QED) is 0.514. The molecule has 0 aliphatic carbocycles. The van der Waals surface area contributed by atoms with Crippen molar-refractivity contribution in [3.05, 3.63) is 32.1 Å². The average molecular weight is 292 g/mol. The van der Waals surface area contributed by atoms with Crippen LogP contribution in [0.5, 0.6) is 5.88 Å². The maximum atomic E-state index is 12.4. The average Bonchev–Trinajstić information content (AvgIpc) is 2.11. The summed E-state index contributed by atoms with van der Waals surface area (Å²) in [5.41, 5.74) is -5.79. The molecule has 0 aliphatic rings. The Morgan fingerprint density at radius 2 is 1.74 bits per heavy atom. The highest BCUT2D eigenvalue weighted by atomic mass is 19.4. The zero-order valence-corrected chi connectivity index (χ0v) is 8.43. The number of aromatic nitrogens is 1. The number of halogens is 6. The number of nitrogens with zero attached hydrogens (tertiary/aromatic N) is 1. The second kappa shape index (κ2) is 4.44. The number of H-pyrrole nitrogens is 1. The van der Waals surface area contributed by atoms with Crippen molar-refractivity contribution in [3.8, 4) is 5.88 Å². The van der Waals surface area contributed by atoms with E-state index in [1.165, 1.54) is 4.98 Å². The van der Waals surface area contributed by atoms with Crippen LogP contribution in [0.2, 0.25) is 0 Å². The number of aromatic amines is 1. The largest absolute Gasteiger partial charge is 0.574 e. The lowest BCUT2D eigenvalue weighted by Gasteiger charge is -2.12. The predicted molar refractivity (Wildman–Crippen MR) is 45.4 cm³/mol. The van der Waals surface area contributed by atoms with Crippen molar-refractivity contribution in [3.63, 3.8) is 0 Å². The molecule has 1 rings (SSSR count). The van der Waals surface area contributed by atoms with Crippen LogP contribution < -0.4 is 10.3 Å². The summed E-state index contributed by atoms with van der Waals surface area (Å²) < 4.78 is 75.9. The number of rotatable bonds is 2. The van der Waals surface area contributed by atoms with Gasteiger partial charge in [-0.1, -0.05) is 0 Å². The van der Waals surface area contributed by atoms with Gasteiger partial charge in [0.05, 0.1) is 4.92 Å². The van der Waals surface area contributed by atoms with Crippen LogP contribution in [0.15, 0.2) is 10.9 Å². The fourth-order valence-electron chi connectivity index (χ4n) is 1.12. The second-order valence-corrected chi connectivity index (χ2v) is 3.03. The number of hydrogen-bond acceptors (Lipinski definition) is 4. The fourth-order valence-corrected chi connectivity index (χ4v) is 1.12. The molecule has 1 aromatic rings. The molecule has 0 saturated carbocycles. The molecule has 1 heterocycles. The van der Waals surface area contributed by atoms with Crippen LogP contribution in [-0.2, 0) is 6.18 Å². The molecule has 0 atom stereocenters. The highest BCUT2D eigenvalue weighted by molar-refractivity contribution is 5.49. The van der Waals surface area contributed by atoms with E-state index in [0.29, 0.717) is 0 Å². The maximum absolute atomic E-state index is 12.4. The predicted octanol–water partition coefficient (Wildman–Crippen LogP) is 2.20. The lowest BCUT2D eigenvalue weighted by molar-refractivity contribution is -0.392. The minimum atomic E-state index is -5.50. The van der Waals surface area contributed by atoms with E-state index in [2.05, 4.69) is 4.74 Å². The van der Waals surface area contributed by atoms with Crippen LogP contribution in [0.25, 0.3) is 0 Å². The summed E-state index contributed by atoms with van der Waals surface area (Å²) in [5.74, 6) is -1.93. The summed E-state index contributed by atoms with van der Waals surface area (Å²) in [6, 6.07) is -0.235. The summed E-state index contributed by atoms with van der Waals surface area (Å²) >= 11 is 0.